The minimum Gasteiger partial charge on any atom is -0.398 e. The van der Waals surface area contributed by atoms with Crippen LogP contribution in [0.4, 0.5) is 5.69 Å². The molecule has 0 bridgehead atoms. The fourth-order valence-electron chi connectivity index (χ4n) is 2.09. The van der Waals surface area contributed by atoms with E-state index in [2.05, 4.69) is 32.8 Å². The number of anilines is 1. The molecular weight excluding hydrogens is 210 g/mol. The molecule has 0 aliphatic rings. The van der Waals surface area contributed by atoms with Crippen LogP contribution in [0.15, 0.2) is 30.5 Å². The van der Waals surface area contributed by atoms with Crippen molar-refractivity contribution in [1.29, 1.82) is 0 Å². The third-order valence-electron chi connectivity index (χ3n) is 2.90. The maximum Gasteiger partial charge on any atom is 0.0572 e. The van der Waals surface area contributed by atoms with E-state index >= 15 is 0 Å². The average Bonchev–Trinajstić information content (AvgIpc) is 2.60. The standard InChI is InChI=1S/C14H19N3/c1-10-12(9-16-17(10)14(2,3)4)11-7-5-6-8-13(11)15/h5-9H,15H2,1-4H3. The summed E-state index contributed by atoms with van der Waals surface area (Å²) in [6.45, 7) is 8.52. The Morgan fingerprint density at radius 2 is 1.76 bits per heavy atom. The van der Waals surface area contributed by atoms with Crippen LogP contribution in [-0.2, 0) is 5.54 Å². The average molecular weight is 229 g/mol. The normalized spacial score (nSPS) is 11.8. The smallest absolute Gasteiger partial charge is 0.0572 e. The molecule has 2 N–H and O–H groups in total. The van der Waals surface area contributed by atoms with Gasteiger partial charge in [-0.15, -0.1) is 0 Å². The number of rotatable bonds is 1. The van der Waals surface area contributed by atoms with Gasteiger partial charge in [-0.2, -0.15) is 5.10 Å². The zero-order valence-corrected chi connectivity index (χ0v) is 10.9. The Labute approximate surface area is 102 Å². The van der Waals surface area contributed by atoms with Crippen molar-refractivity contribution in [3.63, 3.8) is 0 Å². The van der Waals surface area contributed by atoms with E-state index in [0.29, 0.717) is 0 Å². The second-order valence-corrected chi connectivity index (χ2v) is 5.31. The summed E-state index contributed by atoms with van der Waals surface area (Å²) in [5.74, 6) is 0. The first-order chi connectivity index (χ1) is 7.91. The van der Waals surface area contributed by atoms with Crippen molar-refractivity contribution in [3.8, 4) is 11.1 Å². The number of para-hydroxylation sites is 1. The summed E-state index contributed by atoms with van der Waals surface area (Å²) in [6, 6.07) is 7.90. The minimum absolute atomic E-state index is 0.00806. The minimum atomic E-state index is -0.00806. The summed E-state index contributed by atoms with van der Waals surface area (Å²) < 4.78 is 2.04. The van der Waals surface area contributed by atoms with Crippen LogP contribution >= 0.6 is 0 Å². The van der Waals surface area contributed by atoms with Crippen LogP contribution in [0.3, 0.4) is 0 Å². The molecule has 2 rings (SSSR count). The predicted molar refractivity (Wildman–Crippen MR) is 71.8 cm³/mol. The lowest BCUT2D eigenvalue weighted by Gasteiger charge is -2.21. The molecule has 17 heavy (non-hydrogen) atoms. The molecule has 90 valence electrons. The molecule has 0 radical (unpaired) electrons. The highest BCUT2D eigenvalue weighted by atomic mass is 15.3. The number of nitrogens with zero attached hydrogens (tertiary/aromatic N) is 2. The Morgan fingerprint density at radius 3 is 2.29 bits per heavy atom. The summed E-state index contributed by atoms with van der Waals surface area (Å²) in [4.78, 5) is 0. The molecule has 1 aromatic heterocycles. The van der Waals surface area contributed by atoms with Crippen molar-refractivity contribution < 1.29 is 0 Å². The van der Waals surface area contributed by atoms with Gasteiger partial charge < -0.3 is 5.73 Å². The molecule has 0 fully saturated rings. The monoisotopic (exact) mass is 229 g/mol. The molecule has 2 aromatic rings. The molecule has 0 aliphatic heterocycles. The maximum absolute atomic E-state index is 6.00. The van der Waals surface area contributed by atoms with Crippen LogP contribution in [0.1, 0.15) is 26.5 Å². The van der Waals surface area contributed by atoms with Gasteiger partial charge in [-0.1, -0.05) is 18.2 Å². The van der Waals surface area contributed by atoms with E-state index in [1.165, 1.54) is 0 Å². The van der Waals surface area contributed by atoms with E-state index in [1.54, 1.807) is 0 Å². The molecular formula is C14H19N3. The highest BCUT2D eigenvalue weighted by Gasteiger charge is 2.19. The second-order valence-electron chi connectivity index (χ2n) is 5.31. The van der Waals surface area contributed by atoms with Crippen molar-refractivity contribution in [2.24, 2.45) is 0 Å². The molecule has 3 nitrogen and oxygen atoms in total. The largest absolute Gasteiger partial charge is 0.398 e. The SMILES string of the molecule is Cc1c(-c2ccccc2N)cnn1C(C)(C)C. The van der Waals surface area contributed by atoms with Crippen LogP contribution in [0.25, 0.3) is 11.1 Å². The molecule has 0 unspecified atom stereocenters. The molecule has 1 heterocycles. The number of nitrogens with two attached hydrogens (primary N) is 1. The van der Waals surface area contributed by atoms with E-state index in [-0.39, 0.29) is 5.54 Å². The van der Waals surface area contributed by atoms with Gasteiger partial charge in [0.15, 0.2) is 0 Å². The highest BCUT2D eigenvalue weighted by Crippen LogP contribution is 2.30. The first-order valence-electron chi connectivity index (χ1n) is 5.81. The van der Waals surface area contributed by atoms with Gasteiger partial charge in [0.2, 0.25) is 0 Å². The van der Waals surface area contributed by atoms with E-state index in [4.69, 9.17) is 5.73 Å². The Morgan fingerprint density at radius 1 is 1.12 bits per heavy atom. The summed E-state index contributed by atoms with van der Waals surface area (Å²) in [6.07, 6.45) is 1.90. The molecule has 0 aliphatic carbocycles. The Hall–Kier alpha value is -1.77. The van der Waals surface area contributed by atoms with E-state index in [1.807, 2.05) is 35.1 Å². The molecule has 0 saturated carbocycles. The zero-order chi connectivity index (χ0) is 12.6. The van der Waals surface area contributed by atoms with Gasteiger partial charge in [-0.3, -0.25) is 4.68 Å². The van der Waals surface area contributed by atoms with Crippen LogP contribution in [0.2, 0.25) is 0 Å². The third kappa shape index (κ3) is 2.05. The van der Waals surface area contributed by atoms with Gasteiger partial charge in [0.05, 0.1) is 11.7 Å². The third-order valence-corrected chi connectivity index (χ3v) is 2.90. The van der Waals surface area contributed by atoms with Crippen molar-refractivity contribution in [2.45, 2.75) is 33.2 Å². The lowest BCUT2D eigenvalue weighted by molar-refractivity contribution is 0.348. The summed E-state index contributed by atoms with van der Waals surface area (Å²) in [5.41, 5.74) is 10.1. The first kappa shape index (κ1) is 11.7. The molecule has 1 aromatic carbocycles. The van der Waals surface area contributed by atoms with E-state index in [0.717, 1.165) is 22.5 Å². The van der Waals surface area contributed by atoms with Crippen molar-refractivity contribution in [3.05, 3.63) is 36.2 Å². The van der Waals surface area contributed by atoms with Crippen molar-refractivity contribution >= 4 is 5.69 Å². The van der Waals surface area contributed by atoms with Gasteiger partial charge in [0.1, 0.15) is 0 Å². The van der Waals surface area contributed by atoms with Gasteiger partial charge in [0.25, 0.3) is 0 Å². The van der Waals surface area contributed by atoms with Crippen molar-refractivity contribution in [2.75, 3.05) is 5.73 Å². The fourth-order valence-corrected chi connectivity index (χ4v) is 2.09. The molecule has 0 saturated heterocycles. The summed E-state index contributed by atoms with van der Waals surface area (Å²) >= 11 is 0. The van der Waals surface area contributed by atoms with Crippen molar-refractivity contribution in [1.82, 2.24) is 9.78 Å². The summed E-state index contributed by atoms with van der Waals surface area (Å²) in [5, 5.41) is 4.47. The molecule has 3 heteroatoms. The fraction of sp³-hybridized carbons (Fsp3) is 0.357. The Bertz CT molecular complexity index is 533. The number of hydrogen-bond donors (Lipinski definition) is 1. The quantitative estimate of drug-likeness (QED) is 0.763. The number of benzene rings is 1. The van der Waals surface area contributed by atoms with Crippen LogP contribution in [0.5, 0.6) is 0 Å². The van der Waals surface area contributed by atoms with Crippen LogP contribution in [-0.4, -0.2) is 9.78 Å². The van der Waals surface area contributed by atoms with Gasteiger partial charge in [-0.05, 0) is 33.8 Å². The lowest BCUT2D eigenvalue weighted by atomic mass is 10.0. The maximum atomic E-state index is 6.00. The molecule has 0 spiro atoms. The Kier molecular flexibility index (Phi) is 2.69. The van der Waals surface area contributed by atoms with Crippen LogP contribution in [0, 0.1) is 6.92 Å². The molecule has 0 atom stereocenters. The highest BCUT2D eigenvalue weighted by molar-refractivity contribution is 5.77. The number of aromatic nitrogens is 2. The first-order valence-corrected chi connectivity index (χ1v) is 5.81. The number of nitrogen functional groups attached to an aromatic ring is 1. The molecule has 0 amide bonds. The summed E-state index contributed by atoms with van der Waals surface area (Å²) in [7, 11) is 0. The van der Waals surface area contributed by atoms with E-state index < -0.39 is 0 Å². The number of hydrogen-bond acceptors (Lipinski definition) is 2. The predicted octanol–water partition coefficient (Wildman–Crippen LogP) is 3.20. The van der Waals surface area contributed by atoms with Gasteiger partial charge in [-0.25, -0.2) is 0 Å². The van der Waals surface area contributed by atoms with Crippen LogP contribution < -0.4 is 5.73 Å². The van der Waals surface area contributed by atoms with E-state index in [9.17, 15) is 0 Å². The lowest BCUT2D eigenvalue weighted by Crippen LogP contribution is -2.24. The topological polar surface area (TPSA) is 43.8 Å². The van der Waals surface area contributed by atoms with Gasteiger partial charge in [0, 0.05) is 22.5 Å². The Balaban J connectivity index is 2.56. The second kappa shape index (κ2) is 3.91. The zero-order valence-electron chi connectivity index (χ0n) is 10.9. The van der Waals surface area contributed by atoms with Gasteiger partial charge >= 0.3 is 0 Å².